The molecule has 2 nitrogen and oxygen atoms in total. The summed E-state index contributed by atoms with van der Waals surface area (Å²) in [4.78, 5) is 0. The first-order valence-electron chi connectivity index (χ1n) is 5.56. The molecule has 0 unspecified atom stereocenters. The second-order valence-electron chi connectivity index (χ2n) is 3.76. The molecule has 0 aliphatic heterocycles. The predicted molar refractivity (Wildman–Crippen MR) is 63.9 cm³/mol. The van der Waals surface area contributed by atoms with E-state index in [1.54, 1.807) is 30.3 Å². The molecular weight excluding hydrogens is 257 g/mol. The summed E-state index contributed by atoms with van der Waals surface area (Å²) in [5, 5.41) is 0. The molecule has 0 radical (unpaired) electrons. The van der Waals surface area contributed by atoms with Gasteiger partial charge in [0.1, 0.15) is 18.1 Å². The Hall–Kier alpha value is -2.17. The van der Waals surface area contributed by atoms with Crippen LogP contribution in [0, 0.1) is 0 Å². The van der Waals surface area contributed by atoms with Crippen molar-refractivity contribution in [3.05, 3.63) is 60.2 Å². The predicted octanol–water partition coefficient (Wildman–Crippen LogP) is 4.16. The number of hydrogen-bond acceptors (Lipinski definition) is 2. The van der Waals surface area contributed by atoms with Crippen LogP contribution in [0.5, 0.6) is 11.5 Å². The average molecular weight is 268 g/mol. The van der Waals surface area contributed by atoms with Crippen molar-refractivity contribution >= 4 is 0 Å². The van der Waals surface area contributed by atoms with E-state index in [1.807, 2.05) is 6.07 Å². The summed E-state index contributed by atoms with van der Waals surface area (Å²) in [5.74, 6) is 0.343. The average Bonchev–Trinajstić information content (AvgIpc) is 2.37. The van der Waals surface area contributed by atoms with Crippen molar-refractivity contribution in [1.82, 2.24) is 0 Å². The molecule has 19 heavy (non-hydrogen) atoms. The molecule has 0 saturated carbocycles. The number of ether oxygens (including phenoxy) is 2. The van der Waals surface area contributed by atoms with Crippen LogP contribution in [0.2, 0.25) is 0 Å². The first kappa shape index (κ1) is 13.3. The van der Waals surface area contributed by atoms with Crippen LogP contribution in [0.3, 0.4) is 0 Å². The Kier molecular flexibility index (Phi) is 3.94. The summed E-state index contributed by atoms with van der Waals surface area (Å²) in [5.41, 5.74) is 0.337. The zero-order valence-electron chi connectivity index (χ0n) is 9.85. The lowest BCUT2D eigenvalue weighted by molar-refractivity contribution is -0.275. The fraction of sp³-hybridized carbons (Fsp3) is 0.143. The van der Waals surface area contributed by atoms with Crippen LogP contribution >= 0.6 is 0 Å². The van der Waals surface area contributed by atoms with Gasteiger partial charge < -0.3 is 9.47 Å². The quantitative estimate of drug-likeness (QED) is 0.828. The van der Waals surface area contributed by atoms with Gasteiger partial charge in [-0.3, -0.25) is 0 Å². The van der Waals surface area contributed by atoms with Crippen molar-refractivity contribution in [2.75, 3.05) is 0 Å². The molecule has 0 aromatic heterocycles. The second kappa shape index (κ2) is 5.65. The maximum absolute atomic E-state index is 12.2. The Labute approximate surface area is 108 Å². The Balaban J connectivity index is 2.08. The monoisotopic (exact) mass is 268 g/mol. The summed E-state index contributed by atoms with van der Waals surface area (Å²) in [6.07, 6.45) is -4.71. The summed E-state index contributed by atoms with van der Waals surface area (Å²) in [6, 6.07) is 14.8. The third-order valence-electron chi connectivity index (χ3n) is 2.34. The van der Waals surface area contributed by atoms with Crippen LogP contribution < -0.4 is 9.47 Å². The summed E-state index contributed by atoms with van der Waals surface area (Å²) in [6.45, 7) is 0.0102. The molecule has 0 heterocycles. The molecule has 0 aliphatic carbocycles. The van der Waals surface area contributed by atoms with E-state index in [1.165, 1.54) is 18.2 Å². The summed E-state index contributed by atoms with van der Waals surface area (Å²) < 4.78 is 46.0. The molecule has 0 fully saturated rings. The van der Waals surface area contributed by atoms with E-state index < -0.39 is 6.36 Å². The molecule has 0 N–H and O–H groups in total. The Morgan fingerprint density at radius 1 is 0.842 bits per heavy atom. The fourth-order valence-corrected chi connectivity index (χ4v) is 1.53. The van der Waals surface area contributed by atoms with Gasteiger partial charge in [0.15, 0.2) is 0 Å². The van der Waals surface area contributed by atoms with Gasteiger partial charge in [0.25, 0.3) is 0 Å². The van der Waals surface area contributed by atoms with Crippen LogP contribution in [0.15, 0.2) is 54.6 Å². The minimum Gasteiger partial charge on any atom is -0.489 e. The normalized spacial score (nSPS) is 11.1. The number of hydrogen-bond donors (Lipinski definition) is 0. The van der Waals surface area contributed by atoms with Gasteiger partial charge in [0.05, 0.1) is 0 Å². The minimum absolute atomic E-state index is 0.0102. The second-order valence-corrected chi connectivity index (χ2v) is 3.76. The highest BCUT2D eigenvalue weighted by atomic mass is 19.4. The van der Waals surface area contributed by atoms with E-state index in [2.05, 4.69) is 4.74 Å². The third-order valence-corrected chi connectivity index (χ3v) is 2.34. The molecule has 0 bridgehead atoms. The SMILES string of the molecule is FC(F)(F)Oc1ccccc1COc1ccccc1. The zero-order valence-corrected chi connectivity index (χ0v) is 9.85. The van der Waals surface area contributed by atoms with Gasteiger partial charge in [-0.1, -0.05) is 36.4 Å². The van der Waals surface area contributed by atoms with E-state index in [-0.39, 0.29) is 12.4 Å². The van der Waals surface area contributed by atoms with Crippen molar-refractivity contribution in [3.63, 3.8) is 0 Å². The molecule has 5 heteroatoms. The topological polar surface area (TPSA) is 18.5 Å². The minimum atomic E-state index is -4.71. The van der Waals surface area contributed by atoms with Gasteiger partial charge >= 0.3 is 6.36 Å². The molecular formula is C14H11F3O2. The highest BCUT2D eigenvalue weighted by molar-refractivity contribution is 5.33. The number of alkyl halides is 3. The Morgan fingerprint density at radius 3 is 2.16 bits per heavy atom. The third kappa shape index (κ3) is 4.21. The van der Waals surface area contributed by atoms with Crippen LogP contribution in [-0.4, -0.2) is 6.36 Å². The lowest BCUT2D eigenvalue weighted by atomic mass is 10.2. The van der Waals surface area contributed by atoms with Crippen LogP contribution in [0.1, 0.15) is 5.56 Å². The molecule has 0 saturated heterocycles. The Morgan fingerprint density at radius 2 is 1.47 bits per heavy atom. The van der Waals surface area contributed by atoms with Crippen molar-refractivity contribution in [2.45, 2.75) is 13.0 Å². The fourth-order valence-electron chi connectivity index (χ4n) is 1.53. The van der Waals surface area contributed by atoms with Gasteiger partial charge in [0.2, 0.25) is 0 Å². The smallest absolute Gasteiger partial charge is 0.489 e. The van der Waals surface area contributed by atoms with Crippen molar-refractivity contribution in [1.29, 1.82) is 0 Å². The summed E-state index contributed by atoms with van der Waals surface area (Å²) >= 11 is 0. The number of para-hydroxylation sites is 2. The van der Waals surface area contributed by atoms with Crippen molar-refractivity contribution in [2.24, 2.45) is 0 Å². The van der Waals surface area contributed by atoms with Gasteiger partial charge in [0, 0.05) is 5.56 Å². The lowest BCUT2D eigenvalue weighted by Gasteiger charge is -2.13. The maximum Gasteiger partial charge on any atom is 0.573 e. The first-order valence-corrected chi connectivity index (χ1v) is 5.56. The first-order chi connectivity index (χ1) is 9.04. The standard InChI is InChI=1S/C14H11F3O2/c15-14(16,17)19-13-9-5-4-6-11(13)10-18-12-7-2-1-3-8-12/h1-9H,10H2. The molecule has 0 spiro atoms. The van der Waals surface area contributed by atoms with E-state index in [0.29, 0.717) is 11.3 Å². The van der Waals surface area contributed by atoms with Gasteiger partial charge in [-0.2, -0.15) is 0 Å². The zero-order chi connectivity index (χ0) is 13.7. The van der Waals surface area contributed by atoms with E-state index in [4.69, 9.17) is 4.74 Å². The van der Waals surface area contributed by atoms with Gasteiger partial charge in [-0.25, -0.2) is 0 Å². The molecule has 2 aromatic carbocycles. The van der Waals surface area contributed by atoms with Crippen LogP contribution in [0.4, 0.5) is 13.2 Å². The molecule has 0 amide bonds. The van der Waals surface area contributed by atoms with E-state index >= 15 is 0 Å². The highest BCUT2D eigenvalue weighted by Gasteiger charge is 2.31. The molecule has 0 atom stereocenters. The van der Waals surface area contributed by atoms with Crippen molar-refractivity contribution < 1.29 is 22.6 Å². The van der Waals surface area contributed by atoms with E-state index in [9.17, 15) is 13.2 Å². The molecule has 100 valence electrons. The summed E-state index contributed by atoms with van der Waals surface area (Å²) in [7, 11) is 0. The van der Waals surface area contributed by atoms with Gasteiger partial charge in [-0.05, 0) is 18.2 Å². The highest BCUT2D eigenvalue weighted by Crippen LogP contribution is 2.27. The lowest BCUT2D eigenvalue weighted by Crippen LogP contribution is -2.18. The molecule has 2 rings (SSSR count). The maximum atomic E-state index is 12.2. The number of halogens is 3. The van der Waals surface area contributed by atoms with Crippen LogP contribution in [-0.2, 0) is 6.61 Å². The Bertz CT molecular complexity index is 524. The molecule has 2 aromatic rings. The van der Waals surface area contributed by atoms with Crippen LogP contribution in [0.25, 0.3) is 0 Å². The van der Waals surface area contributed by atoms with Gasteiger partial charge in [-0.15, -0.1) is 13.2 Å². The number of benzene rings is 2. The van der Waals surface area contributed by atoms with E-state index in [0.717, 1.165) is 0 Å². The van der Waals surface area contributed by atoms with Crippen molar-refractivity contribution in [3.8, 4) is 11.5 Å². The molecule has 0 aliphatic rings. The largest absolute Gasteiger partial charge is 0.573 e. The number of rotatable bonds is 4.